The van der Waals surface area contributed by atoms with Crippen molar-refractivity contribution in [2.75, 3.05) is 0 Å². The number of hydrogen-bond acceptors (Lipinski definition) is 5. The zero-order valence-corrected chi connectivity index (χ0v) is 14.0. The van der Waals surface area contributed by atoms with E-state index < -0.39 is 29.8 Å². The van der Waals surface area contributed by atoms with Gasteiger partial charge in [0, 0.05) is 6.42 Å². The van der Waals surface area contributed by atoms with E-state index >= 15 is 0 Å². The molecule has 1 amide bonds. The number of aliphatic hydroxyl groups excluding tert-OH is 1. The maximum atomic E-state index is 12.0. The van der Waals surface area contributed by atoms with Crippen LogP contribution in [0.1, 0.15) is 47.0 Å². The molecule has 0 bridgehead atoms. The second-order valence-corrected chi connectivity index (χ2v) is 5.63. The summed E-state index contributed by atoms with van der Waals surface area (Å²) in [5.74, 6) is -2.13. The molecular formula is C15H25N3O5. The highest BCUT2D eigenvalue weighted by atomic mass is 16.5. The summed E-state index contributed by atoms with van der Waals surface area (Å²) in [6.45, 7) is 6.87. The summed E-state index contributed by atoms with van der Waals surface area (Å²) < 4.78 is 5.04. The molecule has 0 aromatic heterocycles. The lowest BCUT2D eigenvalue weighted by Crippen LogP contribution is -2.48. The Morgan fingerprint density at radius 3 is 2.39 bits per heavy atom. The second-order valence-electron chi connectivity index (χ2n) is 5.63. The first-order chi connectivity index (χ1) is 10.7. The SMILES string of the molecule is CC[C@@H](C)[C@H](O)C(=O)N[C@@H](CCC(=O)C=[N+]=[N-])C(=O)OC(C)C. The van der Waals surface area contributed by atoms with Crippen LogP contribution >= 0.6 is 0 Å². The lowest BCUT2D eigenvalue weighted by atomic mass is 10.0. The lowest BCUT2D eigenvalue weighted by Gasteiger charge is -2.22. The van der Waals surface area contributed by atoms with Crippen molar-refractivity contribution < 1.29 is 29.0 Å². The van der Waals surface area contributed by atoms with Crippen molar-refractivity contribution in [1.82, 2.24) is 5.32 Å². The zero-order valence-electron chi connectivity index (χ0n) is 14.0. The maximum absolute atomic E-state index is 12.0. The van der Waals surface area contributed by atoms with Gasteiger partial charge in [0.05, 0.1) is 6.10 Å². The van der Waals surface area contributed by atoms with E-state index in [1.54, 1.807) is 20.8 Å². The molecule has 0 aromatic carbocycles. The number of nitrogens with zero attached hydrogens (tertiary/aromatic N) is 2. The van der Waals surface area contributed by atoms with E-state index in [0.29, 0.717) is 6.42 Å². The predicted octanol–water partition coefficient (Wildman–Crippen LogP) is 0.480. The summed E-state index contributed by atoms with van der Waals surface area (Å²) in [5, 5.41) is 12.3. The molecule has 0 unspecified atom stereocenters. The van der Waals surface area contributed by atoms with E-state index in [1.165, 1.54) is 0 Å². The summed E-state index contributed by atoms with van der Waals surface area (Å²) in [7, 11) is 0. The number of nitrogens with one attached hydrogen (secondary N) is 1. The highest BCUT2D eigenvalue weighted by Crippen LogP contribution is 2.09. The zero-order chi connectivity index (χ0) is 18.0. The minimum atomic E-state index is -1.25. The molecule has 0 saturated heterocycles. The first kappa shape index (κ1) is 20.9. The molecule has 0 aromatic rings. The average Bonchev–Trinajstić information content (AvgIpc) is 2.48. The van der Waals surface area contributed by atoms with Gasteiger partial charge in [-0.15, -0.1) is 0 Å². The quantitative estimate of drug-likeness (QED) is 0.261. The van der Waals surface area contributed by atoms with Crippen LogP contribution in [0, 0.1) is 5.92 Å². The molecule has 2 N–H and O–H groups in total. The molecular weight excluding hydrogens is 302 g/mol. The summed E-state index contributed by atoms with van der Waals surface area (Å²) >= 11 is 0. The van der Waals surface area contributed by atoms with Crippen LogP contribution in [-0.2, 0) is 19.1 Å². The molecule has 0 aliphatic carbocycles. The number of ketones is 1. The Balaban J connectivity index is 4.90. The van der Waals surface area contributed by atoms with Gasteiger partial charge < -0.3 is 20.7 Å². The number of amides is 1. The van der Waals surface area contributed by atoms with Crippen molar-refractivity contribution in [2.45, 2.75) is 65.2 Å². The maximum Gasteiger partial charge on any atom is 0.328 e. The Morgan fingerprint density at radius 1 is 1.30 bits per heavy atom. The van der Waals surface area contributed by atoms with Gasteiger partial charge >= 0.3 is 12.2 Å². The summed E-state index contributed by atoms with van der Waals surface area (Å²) in [5.41, 5.74) is 8.29. The molecule has 8 nitrogen and oxygen atoms in total. The molecule has 0 radical (unpaired) electrons. The molecule has 0 saturated carbocycles. The van der Waals surface area contributed by atoms with Crippen molar-refractivity contribution in [2.24, 2.45) is 5.92 Å². The standard InChI is InChI=1S/C15H25N3O5/c1-5-10(4)13(20)14(21)18-12(15(22)23-9(2)3)7-6-11(19)8-17-16/h8-10,12-13,20H,5-7H2,1-4H3,(H,18,21)/t10-,12+,13+/m1/s1. The average molecular weight is 327 g/mol. The Labute approximate surface area is 135 Å². The molecule has 8 heteroatoms. The van der Waals surface area contributed by atoms with Crippen molar-refractivity contribution >= 4 is 23.9 Å². The van der Waals surface area contributed by atoms with Crippen LogP contribution in [0.4, 0.5) is 0 Å². The van der Waals surface area contributed by atoms with Crippen molar-refractivity contribution in [3.05, 3.63) is 5.53 Å². The highest BCUT2D eigenvalue weighted by molar-refractivity contribution is 6.25. The van der Waals surface area contributed by atoms with Crippen LogP contribution in [0.5, 0.6) is 0 Å². The molecule has 130 valence electrons. The van der Waals surface area contributed by atoms with E-state index in [-0.39, 0.29) is 24.9 Å². The van der Waals surface area contributed by atoms with Crippen LogP contribution in [0.3, 0.4) is 0 Å². The number of rotatable bonds is 10. The molecule has 0 aliphatic heterocycles. The van der Waals surface area contributed by atoms with Gasteiger partial charge in [-0.25, -0.2) is 4.79 Å². The first-order valence-corrected chi connectivity index (χ1v) is 7.62. The van der Waals surface area contributed by atoms with Gasteiger partial charge in [0.15, 0.2) is 0 Å². The molecule has 0 heterocycles. The number of ether oxygens (including phenoxy) is 1. The highest BCUT2D eigenvalue weighted by Gasteiger charge is 2.28. The molecule has 0 spiro atoms. The van der Waals surface area contributed by atoms with E-state index in [4.69, 9.17) is 10.3 Å². The molecule has 0 aliphatic rings. The van der Waals surface area contributed by atoms with Gasteiger partial charge in [-0.2, -0.15) is 4.79 Å². The predicted molar refractivity (Wildman–Crippen MR) is 82.5 cm³/mol. The lowest BCUT2D eigenvalue weighted by molar-refractivity contribution is -0.153. The van der Waals surface area contributed by atoms with Crippen LogP contribution in [0.2, 0.25) is 0 Å². The van der Waals surface area contributed by atoms with E-state index in [1.807, 2.05) is 6.92 Å². The van der Waals surface area contributed by atoms with Crippen molar-refractivity contribution in [1.29, 1.82) is 0 Å². The molecule has 0 rings (SSSR count). The number of hydrogen-bond donors (Lipinski definition) is 2. The third-order valence-electron chi connectivity index (χ3n) is 3.29. The Bertz CT molecular complexity index is 472. The summed E-state index contributed by atoms with van der Waals surface area (Å²) in [6.07, 6.45) is -0.432. The van der Waals surface area contributed by atoms with E-state index in [9.17, 15) is 19.5 Å². The van der Waals surface area contributed by atoms with Gasteiger partial charge in [-0.3, -0.25) is 9.59 Å². The number of Topliss-reactive ketones (excluding diaryl/α,β-unsaturated/α-hetero) is 1. The van der Waals surface area contributed by atoms with Crippen LogP contribution in [0.15, 0.2) is 0 Å². The fourth-order valence-corrected chi connectivity index (χ4v) is 1.72. The smallest absolute Gasteiger partial charge is 0.328 e. The Morgan fingerprint density at radius 2 is 1.91 bits per heavy atom. The fraction of sp³-hybridized carbons (Fsp3) is 0.733. The monoisotopic (exact) mass is 327 g/mol. The number of carbonyl (C=O) groups is 3. The van der Waals surface area contributed by atoms with Gasteiger partial charge in [0.1, 0.15) is 12.1 Å². The largest absolute Gasteiger partial charge is 0.461 e. The Kier molecular flexibility index (Phi) is 9.69. The number of carbonyl (C=O) groups excluding carboxylic acids is 3. The second kappa shape index (κ2) is 10.6. The van der Waals surface area contributed by atoms with Crippen molar-refractivity contribution in [3.8, 4) is 0 Å². The normalized spacial score (nSPS) is 14.3. The molecule has 3 atom stereocenters. The summed E-state index contributed by atoms with van der Waals surface area (Å²) in [4.78, 5) is 38.0. The van der Waals surface area contributed by atoms with Crippen molar-refractivity contribution in [3.63, 3.8) is 0 Å². The summed E-state index contributed by atoms with van der Waals surface area (Å²) in [6, 6.07) is -1.06. The van der Waals surface area contributed by atoms with Gasteiger partial charge in [-0.05, 0) is 26.2 Å². The minimum Gasteiger partial charge on any atom is -0.461 e. The van der Waals surface area contributed by atoms with Crippen LogP contribution in [0.25, 0.3) is 5.53 Å². The number of esters is 1. The molecule has 0 fully saturated rings. The third kappa shape index (κ3) is 8.23. The molecule has 23 heavy (non-hydrogen) atoms. The topological polar surface area (TPSA) is 129 Å². The third-order valence-corrected chi connectivity index (χ3v) is 3.29. The number of aliphatic hydroxyl groups is 1. The minimum absolute atomic E-state index is 0.0185. The van der Waals surface area contributed by atoms with Crippen LogP contribution < -0.4 is 5.32 Å². The fourth-order valence-electron chi connectivity index (χ4n) is 1.72. The van der Waals surface area contributed by atoms with Gasteiger partial charge in [0.2, 0.25) is 11.7 Å². The van der Waals surface area contributed by atoms with E-state index in [0.717, 1.165) is 6.21 Å². The van der Waals surface area contributed by atoms with Gasteiger partial charge in [0.25, 0.3) is 0 Å². The first-order valence-electron chi connectivity index (χ1n) is 7.62. The van der Waals surface area contributed by atoms with Gasteiger partial charge in [-0.1, -0.05) is 20.3 Å². The Hall–Kier alpha value is -2.05. The van der Waals surface area contributed by atoms with Crippen LogP contribution in [-0.4, -0.2) is 52.0 Å². The van der Waals surface area contributed by atoms with E-state index in [2.05, 4.69) is 10.1 Å².